The predicted molar refractivity (Wildman–Crippen MR) is 76.4 cm³/mol. The van der Waals surface area contributed by atoms with Crippen LogP contribution in [-0.4, -0.2) is 22.3 Å². The van der Waals surface area contributed by atoms with E-state index in [1.165, 1.54) is 4.67 Å². The number of aryl methyl sites for hydroxylation is 1. The smallest absolute Gasteiger partial charge is 0.286 e. The minimum Gasteiger partial charge on any atom is -0.321 e. The van der Waals surface area contributed by atoms with Crippen molar-refractivity contribution < 1.29 is 4.57 Å². The highest BCUT2D eigenvalue weighted by Crippen LogP contribution is 2.65. The molecule has 0 aliphatic rings. The summed E-state index contributed by atoms with van der Waals surface area (Å²) in [7, 11) is -0.130. The number of hydrogen-bond acceptors (Lipinski definition) is 1. The second kappa shape index (κ2) is 5.38. The summed E-state index contributed by atoms with van der Waals surface area (Å²) in [5.74, 6) is 0. The Labute approximate surface area is 117 Å². The highest BCUT2D eigenvalue weighted by molar-refractivity contribution is 7.70. The van der Waals surface area contributed by atoms with Crippen molar-refractivity contribution in [2.24, 2.45) is 0 Å². The number of hydrogen-bond donors (Lipinski definition) is 1. The Balaban J connectivity index is 3.04. The Morgan fingerprint density at radius 2 is 1.65 bits per heavy atom. The van der Waals surface area contributed by atoms with Crippen LogP contribution in [0.25, 0.3) is 0 Å². The van der Waals surface area contributed by atoms with Crippen molar-refractivity contribution in [3.05, 3.63) is 29.8 Å². The van der Waals surface area contributed by atoms with Crippen LogP contribution >= 0.6 is 42.2 Å². The van der Waals surface area contributed by atoms with Gasteiger partial charge in [-0.2, -0.15) is 0 Å². The van der Waals surface area contributed by atoms with Crippen LogP contribution in [0.15, 0.2) is 24.3 Å². The summed E-state index contributed by atoms with van der Waals surface area (Å²) >= 11 is 17.3. The molecule has 7 heteroatoms. The van der Waals surface area contributed by atoms with Crippen LogP contribution in [0.2, 0.25) is 0 Å². The zero-order chi connectivity index (χ0) is 13.3. The monoisotopic (exact) mass is 314 g/mol. The highest BCUT2D eigenvalue weighted by atomic mass is 35.6. The molecule has 1 rings (SSSR count). The molecular weight excluding hydrogens is 301 g/mol. The first-order chi connectivity index (χ1) is 7.67. The third-order valence-electron chi connectivity index (χ3n) is 2.24. The maximum Gasteiger partial charge on any atom is 0.286 e. The fourth-order valence-corrected chi connectivity index (χ4v) is 4.21. The Morgan fingerprint density at radius 3 is 2.00 bits per heavy atom. The highest BCUT2D eigenvalue weighted by Gasteiger charge is 2.46. The molecule has 0 bridgehead atoms. The van der Waals surface area contributed by atoms with Gasteiger partial charge in [-0.3, -0.25) is 4.57 Å². The van der Waals surface area contributed by atoms with Gasteiger partial charge in [-0.05, 0) is 33.2 Å². The third-order valence-corrected chi connectivity index (χ3v) is 6.68. The molecule has 0 spiro atoms. The summed E-state index contributed by atoms with van der Waals surface area (Å²) in [5, 5.41) is 2.81. The molecule has 0 radical (unpaired) electrons. The molecular formula is C10H14Cl3N2OP. The first kappa shape index (κ1) is 15.1. The Kier molecular flexibility index (Phi) is 4.79. The van der Waals surface area contributed by atoms with E-state index in [0.717, 1.165) is 5.56 Å². The zero-order valence-corrected chi connectivity index (χ0v) is 12.9. The quantitative estimate of drug-likeness (QED) is 0.659. The lowest BCUT2D eigenvalue weighted by Gasteiger charge is -2.31. The Morgan fingerprint density at radius 1 is 1.18 bits per heavy atom. The maximum atomic E-state index is 12.6. The minimum absolute atomic E-state index is 0.652. The van der Waals surface area contributed by atoms with Gasteiger partial charge in [0.05, 0.1) is 0 Å². The van der Waals surface area contributed by atoms with Gasteiger partial charge in [-0.1, -0.05) is 52.5 Å². The molecule has 0 aromatic heterocycles. The normalized spacial score (nSPS) is 15.7. The SMILES string of the molecule is Cc1ccc(N[P@](=O)(N(C)C)C(Cl)(Cl)Cl)cc1. The van der Waals surface area contributed by atoms with Gasteiger partial charge in [0, 0.05) is 5.69 Å². The molecule has 0 aliphatic carbocycles. The van der Waals surface area contributed by atoms with Crippen molar-refractivity contribution in [1.82, 2.24) is 4.67 Å². The molecule has 0 unspecified atom stereocenters. The first-order valence-electron chi connectivity index (χ1n) is 4.86. The Bertz CT molecular complexity index is 428. The molecule has 0 fully saturated rings. The van der Waals surface area contributed by atoms with E-state index in [1.807, 2.05) is 19.1 Å². The summed E-state index contributed by atoms with van der Waals surface area (Å²) in [6.07, 6.45) is 0. The molecule has 17 heavy (non-hydrogen) atoms. The topological polar surface area (TPSA) is 32.3 Å². The van der Waals surface area contributed by atoms with E-state index < -0.39 is 11.0 Å². The van der Waals surface area contributed by atoms with Crippen LogP contribution in [0, 0.1) is 6.92 Å². The van der Waals surface area contributed by atoms with E-state index in [-0.39, 0.29) is 0 Å². The average molecular weight is 316 g/mol. The number of alkyl halides is 3. The summed E-state index contributed by atoms with van der Waals surface area (Å²) < 4.78 is 12.1. The molecule has 0 amide bonds. The van der Waals surface area contributed by atoms with Crippen LogP contribution in [0.5, 0.6) is 0 Å². The minimum atomic E-state index is -3.33. The fourth-order valence-electron chi connectivity index (χ4n) is 1.19. The van der Waals surface area contributed by atoms with Crippen molar-refractivity contribution in [3.8, 4) is 0 Å². The third kappa shape index (κ3) is 3.52. The lowest BCUT2D eigenvalue weighted by molar-refractivity contribution is 0.519. The molecule has 1 aromatic rings. The van der Waals surface area contributed by atoms with Crippen molar-refractivity contribution in [2.45, 2.75) is 10.5 Å². The molecule has 3 nitrogen and oxygen atoms in total. The van der Waals surface area contributed by atoms with Crippen molar-refractivity contribution >= 4 is 47.9 Å². The summed E-state index contributed by atoms with van der Waals surface area (Å²) in [5.41, 5.74) is 1.75. The largest absolute Gasteiger partial charge is 0.321 e. The van der Waals surface area contributed by atoms with E-state index in [9.17, 15) is 4.57 Å². The van der Waals surface area contributed by atoms with E-state index >= 15 is 0 Å². The number of anilines is 1. The van der Waals surface area contributed by atoms with Gasteiger partial charge in [-0.15, -0.1) is 0 Å². The van der Waals surface area contributed by atoms with Gasteiger partial charge < -0.3 is 5.09 Å². The van der Waals surface area contributed by atoms with Gasteiger partial charge in [0.25, 0.3) is 11.0 Å². The summed E-state index contributed by atoms with van der Waals surface area (Å²) in [4.78, 5) is 0. The number of halogens is 3. The number of nitrogens with one attached hydrogen (secondary N) is 1. The molecule has 0 saturated carbocycles. The standard InChI is InChI=1S/C10H14Cl3N2OP/c1-8-4-6-9(7-5-8)14-17(16,15(2)3)10(11,12)13/h4-7H,1-3H3,(H,14,16)/t17-/m0/s1. The van der Waals surface area contributed by atoms with Crippen LogP contribution < -0.4 is 5.09 Å². The number of benzene rings is 1. The van der Waals surface area contributed by atoms with Gasteiger partial charge in [0.15, 0.2) is 0 Å². The fraction of sp³-hybridized carbons (Fsp3) is 0.400. The number of nitrogens with zero attached hydrogens (tertiary/aromatic N) is 1. The lowest BCUT2D eigenvalue weighted by atomic mass is 10.2. The first-order valence-corrected chi connectivity index (χ1v) is 7.66. The van der Waals surface area contributed by atoms with Crippen LogP contribution in [0.1, 0.15) is 5.56 Å². The van der Waals surface area contributed by atoms with Crippen LogP contribution in [0.4, 0.5) is 5.69 Å². The van der Waals surface area contributed by atoms with Crippen molar-refractivity contribution in [1.29, 1.82) is 0 Å². The predicted octanol–water partition coefficient (Wildman–Crippen LogP) is 4.49. The molecule has 1 atom stereocenters. The average Bonchev–Trinajstić information content (AvgIpc) is 2.19. The molecule has 0 aliphatic heterocycles. The van der Waals surface area contributed by atoms with Gasteiger partial charge >= 0.3 is 0 Å². The van der Waals surface area contributed by atoms with Gasteiger partial charge in [-0.25, -0.2) is 4.67 Å². The summed E-state index contributed by atoms with van der Waals surface area (Å²) in [6.45, 7) is 1.96. The van der Waals surface area contributed by atoms with Crippen LogP contribution in [0.3, 0.4) is 0 Å². The van der Waals surface area contributed by atoms with Crippen molar-refractivity contribution in [2.75, 3.05) is 19.2 Å². The summed E-state index contributed by atoms with van der Waals surface area (Å²) in [6, 6.07) is 7.37. The van der Waals surface area contributed by atoms with E-state index in [4.69, 9.17) is 34.8 Å². The maximum absolute atomic E-state index is 12.6. The van der Waals surface area contributed by atoms with Crippen molar-refractivity contribution in [3.63, 3.8) is 0 Å². The molecule has 1 N–H and O–H groups in total. The van der Waals surface area contributed by atoms with Gasteiger partial charge in [0.1, 0.15) is 0 Å². The lowest BCUT2D eigenvalue weighted by Crippen LogP contribution is -2.24. The second-order valence-corrected chi connectivity index (χ2v) is 9.79. The second-order valence-electron chi connectivity index (χ2n) is 3.87. The van der Waals surface area contributed by atoms with E-state index in [2.05, 4.69) is 5.09 Å². The van der Waals surface area contributed by atoms with Crippen LogP contribution in [-0.2, 0) is 4.57 Å². The molecule has 0 heterocycles. The van der Waals surface area contributed by atoms with E-state index in [0.29, 0.717) is 5.69 Å². The molecule has 96 valence electrons. The van der Waals surface area contributed by atoms with Gasteiger partial charge in [0.2, 0.25) is 0 Å². The molecule has 0 saturated heterocycles. The zero-order valence-electron chi connectivity index (χ0n) is 9.75. The number of rotatable bonds is 3. The Hall–Kier alpha value is 0.0800. The molecule has 1 aromatic carbocycles. The van der Waals surface area contributed by atoms with E-state index in [1.54, 1.807) is 26.2 Å².